The van der Waals surface area contributed by atoms with Gasteiger partial charge in [0.1, 0.15) is 0 Å². The molecule has 1 rings (SSSR count). The van der Waals surface area contributed by atoms with Gasteiger partial charge < -0.3 is 0 Å². The number of carbonyl (C=O) groups is 1. The van der Waals surface area contributed by atoms with Crippen molar-refractivity contribution in [3.8, 4) is 11.8 Å². The second-order valence-corrected chi connectivity index (χ2v) is 2.83. The van der Waals surface area contributed by atoms with E-state index < -0.39 is 0 Å². The summed E-state index contributed by atoms with van der Waals surface area (Å²) in [6.07, 6.45) is 6.64. The minimum atomic E-state index is 0.0250. The fourth-order valence-electron chi connectivity index (χ4n) is 0.975. The smallest absolute Gasteiger partial charge is 0.152 e. The van der Waals surface area contributed by atoms with Crippen molar-refractivity contribution in [2.24, 2.45) is 0 Å². The Labute approximate surface area is 83.7 Å². The highest BCUT2D eigenvalue weighted by Crippen LogP contribution is 2.03. The maximum absolute atomic E-state index is 10.7. The Morgan fingerprint density at radius 3 is 2.93 bits per heavy atom. The molecule has 1 aromatic heterocycles. The second-order valence-electron chi connectivity index (χ2n) is 2.83. The lowest BCUT2D eigenvalue weighted by molar-refractivity contribution is -0.112. The summed E-state index contributed by atoms with van der Waals surface area (Å²) in [5, 5.41) is 0. The molecule has 0 aliphatic rings. The van der Waals surface area contributed by atoms with Crippen molar-refractivity contribution in [3.63, 3.8) is 0 Å². The minimum Gasteiger partial charge on any atom is -0.295 e. The summed E-state index contributed by atoms with van der Waals surface area (Å²) < 4.78 is 0. The SMILES string of the molecule is CC#Cc1cncc(C=CC(C)=O)c1. The van der Waals surface area contributed by atoms with E-state index in [1.54, 1.807) is 25.4 Å². The third-order valence-electron chi connectivity index (χ3n) is 1.54. The van der Waals surface area contributed by atoms with Gasteiger partial charge in [-0.1, -0.05) is 5.92 Å². The van der Waals surface area contributed by atoms with Crippen LogP contribution in [0.3, 0.4) is 0 Å². The van der Waals surface area contributed by atoms with Gasteiger partial charge in [-0.3, -0.25) is 9.78 Å². The molecule has 0 saturated heterocycles. The van der Waals surface area contributed by atoms with Crippen molar-refractivity contribution in [1.29, 1.82) is 0 Å². The molecule has 0 fully saturated rings. The van der Waals surface area contributed by atoms with Gasteiger partial charge in [0, 0.05) is 18.0 Å². The lowest BCUT2D eigenvalue weighted by Gasteiger charge is -1.93. The topological polar surface area (TPSA) is 30.0 Å². The number of nitrogens with zero attached hydrogens (tertiary/aromatic N) is 1. The molecule has 0 spiro atoms. The second kappa shape index (κ2) is 4.98. The van der Waals surface area contributed by atoms with Crippen molar-refractivity contribution >= 4 is 11.9 Å². The number of aromatic nitrogens is 1. The number of ketones is 1. The Morgan fingerprint density at radius 2 is 2.29 bits per heavy atom. The Morgan fingerprint density at radius 1 is 1.50 bits per heavy atom. The lowest BCUT2D eigenvalue weighted by atomic mass is 10.2. The number of hydrogen-bond donors (Lipinski definition) is 0. The molecule has 0 amide bonds. The van der Waals surface area contributed by atoms with Crippen LogP contribution in [-0.2, 0) is 4.79 Å². The highest BCUT2D eigenvalue weighted by atomic mass is 16.1. The molecule has 0 aromatic carbocycles. The van der Waals surface area contributed by atoms with Gasteiger partial charge in [-0.15, -0.1) is 5.92 Å². The molecule has 0 saturated carbocycles. The first-order chi connectivity index (χ1) is 6.72. The summed E-state index contributed by atoms with van der Waals surface area (Å²) in [4.78, 5) is 14.7. The van der Waals surface area contributed by atoms with E-state index in [2.05, 4.69) is 16.8 Å². The molecule has 0 unspecified atom stereocenters. The standard InChI is InChI=1S/C12H11NO/c1-3-4-11-7-12(9-13-8-11)6-5-10(2)14/h5-9H,1-2H3. The molecule has 70 valence electrons. The average molecular weight is 185 g/mol. The van der Waals surface area contributed by atoms with Gasteiger partial charge in [0.25, 0.3) is 0 Å². The third-order valence-corrected chi connectivity index (χ3v) is 1.54. The maximum atomic E-state index is 10.7. The molecule has 1 aromatic rings. The number of carbonyl (C=O) groups excluding carboxylic acids is 1. The van der Waals surface area contributed by atoms with Gasteiger partial charge in [-0.2, -0.15) is 0 Å². The highest BCUT2D eigenvalue weighted by Gasteiger charge is 1.90. The molecule has 1 heterocycles. The van der Waals surface area contributed by atoms with Crippen LogP contribution in [0.5, 0.6) is 0 Å². The van der Waals surface area contributed by atoms with Gasteiger partial charge in [0.15, 0.2) is 5.78 Å². The predicted octanol–water partition coefficient (Wildman–Crippen LogP) is 2.06. The first-order valence-electron chi connectivity index (χ1n) is 4.29. The Bertz CT molecular complexity index is 421. The van der Waals surface area contributed by atoms with Gasteiger partial charge >= 0.3 is 0 Å². The van der Waals surface area contributed by atoms with E-state index >= 15 is 0 Å². The van der Waals surface area contributed by atoms with Crippen LogP contribution in [0.2, 0.25) is 0 Å². The van der Waals surface area contributed by atoms with E-state index in [0.29, 0.717) is 0 Å². The van der Waals surface area contributed by atoms with Crippen LogP contribution in [0.25, 0.3) is 6.08 Å². The van der Waals surface area contributed by atoms with Crippen LogP contribution in [0, 0.1) is 11.8 Å². The van der Waals surface area contributed by atoms with Crippen molar-refractivity contribution in [2.75, 3.05) is 0 Å². The molecule has 0 bridgehead atoms. The van der Waals surface area contributed by atoms with E-state index in [1.807, 2.05) is 6.07 Å². The number of allylic oxidation sites excluding steroid dienone is 1. The summed E-state index contributed by atoms with van der Waals surface area (Å²) >= 11 is 0. The van der Waals surface area contributed by atoms with Crippen LogP contribution < -0.4 is 0 Å². The largest absolute Gasteiger partial charge is 0.295 e. The van der Waals surface area contributed by atoms with Gasteiger partial charge in [-0.25, -0.2) is 0 Å². The lowest BCUT2D eigenvalue weighted by Crippen LogP contribution is -1.83. The first kappa shape index (κ1) is 10.2. The van der Waals surface area contributed by atoms with Gasteiger partial charge in [-0.05, 0) is 37.6 Å². The zero-order valence-corrected chi connectivity index (χ0v) is 8.24. The van der Waals surface area contributed by atoms with Crippen molar-refractivity contribution in [1.82, 2.24) is 4.98 Å². The average Bonchev–Trinajstić information content (AvgIpc) is 2.16. The monoisotopic (exact) mass is 185 g/mol. The van der Waals surface area contributed by atoms with Gasteiger partial charge in [0.05, 0.1) is 0 Å². The van der Waals surface area contributed by atoms with E-state index in [4.69, 9.17) is 0 Å². The Hall–Kier alpha value is -1.88. The van der Waals surface area contributed by atoms with Crippen LogP contribution in [0.15, 0.2) is 24.5 Å². The highest BCUT2D eigenvalue weighted by molar-refractivity contribution is 5.91. The number of rotatable bonds is 2. The summed E-state index contributed by atoms with van der Waals surface area (Å²) in [6, 6.07) is 1.89. The minimum absolute atomic E-state index is 0.0250. The van der Waals surface area contributed by atoms with E-state index in [9.17, 15) is 4.79 Å². The summed E-state index contributed by atoms with van der Waals surface area (Å²) in [6.45, 7) is 3.29. The quantitative estimate of drug-likeness (QED) is 0.521. The van der Waals surface area contributed by atoms with E-state index in [1.165, 1.54) is 13.0 Å². The molecule has 2 heteroatoms. The molecule has 0 radical (unpaired) electrons. The van der Waals surface area contributed by atoms with E-state index in [-0.39, 0.29) is 5.78 Å². The number of hydrogen-bond acceptors (Lipinski definition) is 2. The first-order valence-corrected chi connectivity index (χ1v) is 4.29. The molecule has 0 N–H and O–H groups in total. The zero-order chi connectivity index (χ0) is 10.4. The van der Waals surface area contributed by atoms with Crippen LogP contribution >= 0.6 is 0 Å². The van der Waals surface area contributed by atoms with Crippen molar-refractivity contribution in [2.45, 2.75) is 13.8 Å². The molecule has 0 aliphatic heterocycles. The van der Waals surface area contributed by atoms with Crippen molar-refractivity contribution < 1.29 is 4.79 Å². The Kier molecular flexibility index (Phi) is 3.63. The molecule has 0 aliphatic carbocycles. The fourth-order valence-corrected chi connectivity index (χ4v) is 0.975. The van der Waals surface area contributed by atoms with Crippen molar-refractivity contribution in [3.05, 3.63) is 35.7 Å². The third kappa shape index (κ3) is 3.24. The molecule has 0 atom stereocenters. The van der Waals surface area contributed by atoms with Crippen LogP contribution in [-0.4, -0.2) is 10.8 Å². The Balaban J connectivity index is 2.92. The number of pyridine rings is 1. The van der Waals surface area contributed by atoms with Crippen LogP contribution in [0.4, 0.5) is 0 Å². The summed E-state index contributed by atoms with van der Waals surface area (Å²) in [7, 11) is 0. The van der Waals surface area contributed by atoms with Gasteiger partial charge in [0.2, 0.25) is 0 Å². The molecule has 14 heavy (non-hydrogen) atoms. The van der Waals surface area contributed by atoms with E-state index in [0.717, 1.165) is 11.1 Å². The van der Waals surface area contributed by atoms with Crippen LogP contribution in [0.1, 0.15) is 25.0 Å². The fraction of sp³-hybridized carbons (Fsp3) is 0.167. The maximum Gasteiger partial charge on any atom is 0.152 e. The molecular formula is C12H11NO. The predicted molar refractivity (Wildman–Crippen MR) is 56.5 cm³/mol. The molecule has 2 nitrogen and oxygen atoms in total. The summed E-state index contributed by atoms with van der Waals surface area (Å²) in [5.74, 6) is 5.72. The normalized spacial score (nSPS) is 9.57. The molecular weight excluding hydrogens is 174 g/mol. The zero-order valence-electron chi connectivity index (χ0n) is 8.24. The summed E-state index contributed by atoms with van der Waals surface area (Å²) in [5.41, 5.74) is 1.75.